The van der Waals surface area contributed by atoms with E-state index in [1.807, 2.05) is 19.1 Å². The summed E-state index contributed by atoms with van der Waals surface area (Å²) in [4.78, 5) is 21.4. The first-order chi connectivity index (χ1) is 13.0. The van der Waals surface area contributed by atoms with Crippen molar-refractivity contribution in [3.63, 3.8) is 0 Å². The molecule has 5 nitrogen and oxygen atoms in total. The van der Waals surface area contributed by atoms with Gasteiger partial charge in [-0.2, -0.15) is 0 Å². The number of phenolic OH excluding ortho intramolecular Hbond substituents is 1. The highest BCUT2D eigenvalue weighted by Crippen LogP contribution is 2.22. The van der Waals surface area contributed by atoms with Crippen LogP contribution in [0.3, 0.4) is 0 Å². The van der Waals surface area contributed by atoms with Gasteiger partial charge in [0.05, 0.1) is 24.0 Å². The maximum atomic E-state index is 12.4. The molecule has 3 rings (SSSR count). The predicted octanol–water partition coefficient (Wildman–Crippen LogP) is 4.64. The Bertz CT molecular complexity index is 925. The number of benzene rings is 2. The summed E-state index contributed by atoms with van der Waals surface area (Å²) in [5, 5.41) is 12.9. The van der Waals surface area contributed by atoms with Gasteiger partial charge in [0, 0.05) is 10.6 Å². The number of amides is 1. The summed E-state index contributed by atoms with van der Waals surface area (Å²) in [6.07, 6.45) is 3.46. The number of aromatic nitrogens is 2. The average Bonchev–Trinajstić information content (AvgIpc) is 2.66. The lowest BCUT2D eigenvalue weighted by atomic mass is 10.1. The molecule has 1 amide bonds. The Hall–Kier alpha value is -2.92. The van der Waals surface area contributed by atoms with E-state index in [1.54, 1.807) is 42.6 Å². The molecule has 1 aromatic heterocycles. The van der Waals surface area contributed by atoms with Crippen molar-refractivity contribution in [1.82, 2.24) is 9.97 Å². The molecule has 6 heteroatoms. The van der Waals surface area contributed by atoms with Crippen molar-refractivity contribution in [2.24, 2.45) is 0 Å². The van der Waals surface area contributed by atoms with Crippen LogP contribution in [-0.4, -0.2) is 21.0 Å². The number of rotatable bonds is 6. The van der Waals surface area contributed by atoms with E-state index >= 15 is 0 Å². The monoisotopic (exact) mass is 381 g/mol. The fourth-order valence-corrected chi connectivity index (χ4v) is 2.80. The van der Waals surface area contributed by atoms with Gasteiger partial charge in [-0.1, -0.05) is 37.1 Å². The average molecular weight is 382 g/mol. The fraction of sp³-hybridized carbons (Fsp3) is 0.190. The van der Waals surface area contributed by atoms with Crippen LogP contribution in [0.25, 0.3) is 11.3 Å². The normalized spacial score (nSPS) is 10.6. The molecule has 0 unspecified atom stereocenters. The van der Waals surface area contributed by atoms with Crippen molar-refractivity contribution in [3.8, 4) is 17.0 Å². The fourth-order valence-electron chi connectivity index (χ4n) is 2.68. The topological polar surface area (TPSA) is 75.1 Å². The number of nitrogens with one attached hydrogen (secondary N) is 1. The highest BCUT2D eigenvalue weighted by atomic mass is 35.5. The smallest absolute Gasteiger partial charge is 0.229 e. The number of carbonyl (C=O) groups is 1. The Labute approximate surface area is 163 Å². The van der Waals surface area contributed by atoms with Crippen molar-refractivity contribution in [1.29, 1.82) is 0 Å². The van der Waals surface area contributed by atoms with Gasteiger partial charge in [-0.25, -0.2) is 9.97 Å². The minimum absolute atomic E-state index is 0.152. The van der Waals surface area contributed by atoms with Crippen LogP contribution in [0.1, 0.15) is 24.6 Å². The van der Waals surface area contributed by atoms with Crippen LogP contribution in [0.5, 0.6) is 5.75 Å². The molecule has 0 aliphatic rings. The number of nitrogens with zero attached hydrogens (tertiary/aromatic N) is 2. The van der Waals surface area contributed by atoms with Crippen LogP contribution in [0.4, 0.5) is 5.82 Å². The zero-order valence-corrected chi connectivity index (χ0v) is 15.7. The Balaban J connectivity index is 1.78. The number of phenols is 1. The summed E-state index contributed by atoms with van der Waals surface area (Å²) in [6.45, 7) is 2.05. The molecule has 3 aromatic rings. The largest absolute Gasteiger partial charge is 0.508 e. The molecule has 0 spiro atoms. The highest BCUT2D eigenvalue weighted by molar-refractivity contribution is 6.30. The number of hydrogen-bond acceptors (Lipinski definition) is 4. The summed E-state index contributed by atoms with van der Waals surface area (Å²) in [6, 6.07) is 14.0. The molecule has 0 aliphatic carbocycles. The Morgan fingerprint density at radius 2 is 1.81 bits per heavy atom. The van der Waals surface area contributed by atoms with Gasteiger partial charge in [0.1, 0.15) is 5.75 Å². The van der Waals surface area contributed by atoms with Gasteiger partial charge >= 0.3 is 0 Å². The van der Waals surface area contributed by atoms with E-state index in [9.17, 15) is 9.90 Å². The third kappa shape index (κ3) is 5.05. The van der Waals surface area contributed by atoms with Crippen molar-refractivity contribution < 1.29 is 9.90 Å². The summed E-state index contributed by atoms with van der Waals surface area (Å²) < 4.78 is 0. The van der Waals surface area contributed by atoms with Gasteiger partial charge in [-0.05, 0) is 48.4 Å². The first-order valence-electron chi connectivity index (χ1n) is 8.74. The first-order valence-corrected chi connectivity index (χ1v) is 9.12. The lowest BCUT2D eigenvalue weighted by molar-refractivity contribution is -0.115. The van der Waals surface area contributed by atoms with Crippen molar-refractivity contribution in [2.75, 3.05) is 5.32 Å². The van der Waals surface area contributed by atoms with Crippen molar-refractivity contribution in [3.05, 3.63) is 71.0 Å². The van der Waals surface area contributed by atoms with Crippen LogP contribution in [0.2, 0.25) is 5.02 Å². The molecule has 2 N–H and O–H groups in total. The zero-order chi connectivity index (χ0) is 19.2. The van der Waals surface area contributed by atoms with Gasteiger partial charge in [0.15, 0.2) is 5.82 Å². The second kappa shape index (κ2) is 8.64. The van der Waals surface area contributed by atoms with Gasteiger partial charge in [-0.3, -0.25) is 4.79 Å². The number of halogens is 1. The number of aryl methyl sites for hydroxylation is 1. The van der Waals surface area contributed by atoms with Gasteiger partial charge in [0.2, 0.25) is 5.91 Å². The van der Waals surface area contributed by atoms with Gasteiger partial charge in [-0.15, -0.1) is 0 Å². The molecule has 138 valence electrons. The lowest BCUT2D eigenvalue weighted by Gasteiger charge is -2.11. The van der Waals surface area contributed by atoms with E-state index in [4.69, 9.17) is 11.6 Å². The zero-order valence-electron chi connectivity index (χ0n) is 14.9. The minimum Gasteiger partial charge on any atom is -0.508 e. The Morgan fingerprint density at radius 3 is 2.48 bits per heavy atom. The summed E-state index contributed by atoms with van der Waals surface area (Å²) in [5.74, 6) is 0.534. The van der Waals surface area contributed by atoms with E-state index < -0.39 is 0 Å². The maximum Gasteiger partial charge on any atom is 0.229 e. The highest BCUT2D eigenvalue weighted by Gasteiger charge is 2.12. The van der Waals surface area contributed by atoms with Crippen LogP contribution in [-0.2, 0) is 17.6 Å². The van der Waals surface area contributed by atoms with Crippen LogP contribution < -0.4 is 5.32 Å². The summed E-state index contributed by atoms with van der Waals surface area (Å²) >= 11 is 5.87. The quantitative estimate of drug-likeness (QED) is 0.652. The van der Waals surface area contributed by atoms with Crippen LogP contribution >= 0.6 is 11.6 Å². The van der Waals surface area contributed by atoms with E-state index in [0.29, 0.717) is 23.0 Å². The third-order valence-corrected chi connectivity index (χ3v) is 4.28. The molecule has 0 atom stereocenters. The second-order valence-corrected chi connectivity index (χ2v) is 6.64. The molecule has 2 aromatic carbocycles. The molecule has 27 heavy (non-hydrogen) atoms. The third-order valence-electron chi connectivity index (χ3n) is 4.03. The first kappa shape index (κ1) is 18.9. The standard InChI is InChI=1S/C21H20ClN3O2/c1-2-3-18-21(25-20(27)12-14-4-8-16(22)9-5-14)23-13-19(24-18)15-6-10-17(26)11-7-15/h4-11,13,26H,2-3,12H2,1H3,(H,23,25,27). The number of anilines is 1. The Kier molecular flexibility index (Phi) is 6.04. The molecule has 0 radical (unpaired) electrons. The number of carbonyl (C=O) groups excluding carboxylic acids is 1. The summed E-state index contributed by atoms with van der Waals surface area (Å²) in [7, 11) is 0. The molecule has 0 aliphatic heterocycles. The summed E-state index contributed by atoms with van der Waals surface area (Å²) in [5.41, 5.74) is 3.18. The van der Waals surface area contributed by atoms with Gasteiger partial charge < -0.3 is 10.4 Å². The Morgan fingerprint density at radius 1 is 1.11 bits per heavy atom. The molecule has 0 bridgehead atoms. The number of aromatic hydroxyl groups is 1. The van der Waals surface area contributed by atoms with Crippen LogP contribution in [0, 0.1) is 0 Å². The van der Waals surface area contributed by atoms with Crippen molar-refractivity contribution in [2.45, 2.75) is 26.2 Å². The number of hydrogen-bond donors (Lipinski definition) is 2. The second-order valence-electron chi connectivity index (χ2n) is 6.20. The van der Waals surface area contributed by atoms with E-state index in [0.717, 1.165) is 23.2 Å². The van der Waals surface area contributed by atoms with Crippen LogP contribution in [0.15, 0.2) is 54.7 Å². The molecule has 0 saturated carbocycles. The van der Waals surface area contributed by atoms with E-state index in [1.165, 1.54) is 0 Å². The van der Waals surface area contributed by atoms with E-state index in [2.05, 4.69) is 15.3 Å². The van der Waals surface area contributed by atoms with Gasteiger partial charge in [0.25, 0.3) is 0 Å². The maximum absolute atomic E-state index is 12.4. The predicted molar refractivity (Wildman–Crippen MR) is 107 cm³/mol. The molecular formula is C21H20ClN3O2. The van der Waals surface area contributed by atoms with Crippen molar-refractivity contribution >= 4 is 23.3 Å². The molecule has 0 saturated heterocycles. The van der Waals surface area contributed by atoms with E-state index in [-0.39, 0.29) is 18.1 Å². The minimum atomic E-state index is -0.152. The molecule has 0 fully saturated rings. The molecular weight excluding hydrogens is 362 g/mol. The lowest BCUT2D eigenvalue weighted by Crippen LogP contribution is -2.17. The SMILES string of the molecule is CCCc1nc(-c2ccc(O)cc2)cnc1NC(=O)Cc1ccc(Cl)cc1. The molecule has 1 heterocycles.